The van der Waals surface area contributed by atoms with Crippen LogP contribution in [0.1, 0.15) is 72.5 Å². The Morgan fingerprint density at radius 1 is 1.05 bits per heavy atom. The number of alkyl halides is 5. The van der Waals surface area contributed by atoms with Crippen LogP contribution in [0.3, 0.4) is 0 Å². The number of aromatic nitrogens is 6. The number of pyridine rings is 1. The van der Waals surface area contributed by atoms with Gasteiger partial charge in [0.15, 0.2) is 5.69 Å². The van der Waals surface area contributed by atoms with E-state index in [1.807, 2.05) is 13.0 Å². The van der Waals surface area contributed by atoms with E-state index in [-0.39, 0.29) is 28.8 Å². The first-order valence-electron chi connectivity index (χ1n) is 13.0. The summed E-state index contributed by atoms with van der Waals surface area (Å²) in [6.07, 6.45) is -2.16. The van der Waals surface area contributed by atoms with Crippen molar-refractivity contribution < 1.29 is 26.3 Å². The van der Waals surface area contributed by atoms with Gasteiger partial charge in [0.05, 0.1) is 17.8 Å². The summed E-state index contributed by atoms with van der Waals surface area (Å²) in [5, 5.41) is 11.3. The van der Waals surface area contributed by atoms with Gasteiger partial charge in [0.1, 0.15) is 17.2 Å². The van der Waals surface area contributed by atoms with Crippen LogP contribution in [0.15, 0.2) is 53.5 Å². The summed E-state index contributed by atoms with van der Waals surface area (Å²) >= 11 is 0. The van der Waals surface area contributed by atoms with E-state index in [1.54, 1.807) is 6.07 Å². The molecule has 0 saturated heterocycles. The third-order valence-electron chi connectivity index (χ3n) is 6.82. The van der Waals surface area contributed by atoms with Crippen LogP contribution < -0.4 is 5.56 Å². The lowest BCUT2D eigenvalue weighted by Gasteiger charge is -2.22. The van der Waals surface area contributed by atoms with E-state index in [4.69, 9.17) is 0 Å². The highest BCUT2D eigenvalue weighted by molar-refractivity contribution is 5.58. The lowest BCUT2D eigenvalue weighted by Crippen LogP contribution is -2.30. The largest absolute Gasteiger partial charge is 0.418 e. The second-order valence-electron chi connectivity index (χ2n) is 9.82. The second-order valence-corrected chi connectivity index (χ2v) is 9.82. The molecular formula is C28H28F6N6O. The maximum Gasteiger partial charge on any atom is 0.418 e. The van der Waals surface area contributed by atoms with E-state index in [0.717, 1.165) is 59.2 Å². The van der Waals surface area contributed by atoms with Crippen LogP contribution >= 0.6 is 0 Å². The molecule has 1 aromatic carbocycles. The first-order chi connectivity index (χ1) is 19.5. The molecule has 0 N–H and O–H groups in total. The highest BCUT2D eigenvalue weighted by Crippen LogP contribution is 2.34. The van der Waals surface area contributed by atoms with Crippen LogP contribution in [0.2, 0.25) is 0 Å². The monoisotopic (exact) mass is 578 g/mol. The Balaban J connectivity index is 0.000000417. The Morgan fingerprint density at radius 2 is 1.78 bits per heavy atom. The summed E-state index contributed by atoms with van der Waals surface area (Å²) in [7, 11) is 1.41. The lowest BCUT2D eigenvalue weighted by molar-refractivity contribution is -0.138. The molecule has 4 aromatic rings. The molecule has 1 aliphatic carbocycles. The van der Waals surface area contributed by atoms with Crippen molar-refractivity contribution in [3.8, 4) is 11.4 Å². The van der Waals surface area contributed by atoms with Gasteiger partial charge in [-0.2, -0.15) is 18.3 Å². The van der Waals surface area contributed by atoms with Crippen molar-refractivity contribution in [3.63, 3.8) is 0 Å². The maximum absolute atomic E-state index is 13.5. The molecule has 3 aromatic heterocycles. The number of halogens is 6. The Kier molecular flexibility index (Phi) is 9.24. The fraction of sp³-hybridized carbons (Fsp3) is 0.393. The average Bonchev–Trinajstić information content (AvgIpc) is 3.32. The smallest absolute Gasteiger partial charge is 0.267 e. The van der Waals surface area contributed by atoms with Crippen LogP contribution in [0.5, 0.6) is 0 Å². The van der Waals surface area contributed by atoms with Crippen LogP contribution in [0.4, 0.5) is 26.3 Å². The molecule has 5 rings (SSSR count). The van der Waals surface area contributed by atoms with E-state index in [0.29, 0.717) is 5.56 Å². The summed E-state index contributed by atoms with van der Waals surface area (Å²) in [5.74, 6) is -0.300. The van der Waals surface area contributed by atoms with Crippen molar-refractivity contribution >= 4 is 0 Å². The van der Waals surface area contributed by atoms with Gasteiger partial charge in [-0.15, -0.1) is 5.10 Å². The van der Waals surface area contributed by atoms with Crippen molar-refractivity contribution in [1.29, 1.82) is 0 Å². The average molecular weight is 579 g/mol. The molecule has 0 amide bonds. The number of rotatable bonds is 5. The van der Waals surface area contributed by atoms with Gasteiger partial charge < -0.3 is 0 Å². The number of nitrogens with zero attached hydrogens (tertiary/aromatic N) is 6. The van der Waals surface area contributed by atoms with E-state index in [2.05, 4.69) is 20.4 Å². The topological polar surface area (TPSA) is 78.5 Å². The summed E-state index contributed by atoms with van der Waals surface area (Å²) in [6.45, 7) is 1.31. The van der Waals surface area contributed by atoms with Gasteiger partial charge in [0.2, 0.25) is 0 Å². The first kappa shape index (κ1) is 29.9. The minimum absolute atomic E-state index is 0.00228. The standard InChI is InChI=1S/C21H21F5N6O.C7H7F/c1-31-18(17(19(22)23)28-30-31)15-10-13(12-6-3-2-4-7-12)20(33)32(29-15)11-16-14(21(24,25)26)8-5-9-27-16;1-6-3-2-4-7(8)5-6/h5,8-10,12,19H,2-4,6-7,11H2,1H3;2-5H,1H3. The van der Waals surface area contributed by atoms with Gasteiger partial charge in [-0.3, -0.25) is 9.78 Å². The number of hydrogen-bond acceptors (Lipinski definition) is 5. The Bertz CT molecular complexity index is 1520. The third-order valence-corrected chi connectivity index (χ3v) is 6.82. The lowest BCUT2D eigenvalue weighted by atomic mass is 9.84. The quantitative estimate of drug-likeness (QED) is 0.249. The zero-order valence-electron chi connectivity index (χ0n) is 22.4. The molecule has 0 unspecified atom stereocenters. The zero-order valence-corrected chi connectivity index (χ0v) is 22.4. The first-order valence-corrected chi connectivity index (χ1v) is 13.0. The molecule has 41 heavy (non-hydrogen) atoms. The summed E-state index contributed by atoms with van der Waals surface area (Å²) in [5.41, 5.74) is -1.33. The highest BCUT2D eigenvalue weighted by atomic mass is 19.4. The van der Waals surface area contributed by atoms with Crippen molar-refractivity contribution in [1.82, 2.24) is 29.8 Å². The summed E-state index contributed by atoms with van der Waals surface area (Å²) < 4.78 is 81.7. The Hall–Kier alpha value is -4.03. The van der Waals surface area contributed by atoms with E-state index in [1.165, 1.54) is 31.4 Å². The fourth-order valence-electron chi connectivity index (χ4n) is 4.88. The van der Waals surface area contributed by atoms with E-state index < -0.39 is 36.0 Å². The molecule has 1 fully saturated rings. The molecule has 0 spiro atoms. The van der Waals surface area contributed by atoms with Crippen LogP contribution in [0, 0.1) is 12.7 Å². The van der Waals surface area contributed by atoms with Gasteiger partial charge in [-0.1, -0.05) is 36.6 Å². The van der Waals surface area contributed by atoms with Crippen LogP contribution in [0.25, 0.3) is 11.4 Å². The van der Waals surface area contributed by atoms with Crippen molar-refractivity contribution in [3.05, 3.63) is 92.9 Å². The summed E-state index contributed by atoms with van der Waals surface area (Å²) in [4.78, 5) is 17.1. The van der Waals surface area contributed by atoms with Crippen LogP contribution in [-0.4, -0.2) is 29.8 Å². The van der Waals surface area contributed by atoms with Gasteiger partial charge in [-0.05, 0) is 61.6 Å². The minimum Gasteiger partial charge on any atom is -0.267 e. The van der Waals surface area contributed by atoms with Gasteiger partial charge >= 0.3 is 6.18 Å². The zero-order chi connectivity index (χ0) is 29.7. The third kappa shape index (κ3) is 7.19. The Labute approximate surface area is 231 Å². The SMILES string of the molecule is Cc1cccc(F)c1.Cn1nnc(C(F)F)c1-c1cc(C2CCCCC2)c(=O)n(Cc2ncccc2C(F)(F)F)n1. The number of benzene rings is 1. The molecule has 0 aliphatic heterocycles. The van der Waals surface area contributed by atoms with E-state index in [9.17, 15) is 31.1 Å². The molecule has 1 aliphatic rings. The molecule has 13 heteroatoms. The Morgan fingerprint density at radius 3 is 2.39 bits per heavy atom. The molecular weight excluding hydrogens is 550 g/mol. The second kappa shape index (κ2) is 12.6. The predicted molar refractivity (Wildman–Crippen MR) is 139 cm³/mol. The van der Waals surface area contributed by atoms with E-state index >= 15 is 0 Å². The molecule has 3 heterocycles. The highest BCUT2D eigenvalue weighted by Gasteiger charge is 2.34. The predicted octanol–water partition coefficient (Wildman–Crippen LogP) is 6.62. The van der Waals surface area contributed by atoms with Crippen LogP contribution in [-0.2, 0) is 19.8 Å². The molecule has 0 bridgehead atoms. The van der Waals surface area contributed by atoms with Crippen molar-refractivity contribution in [2.45, 2.75) is 64.1 Å². The van der Waals surface area contributed by atoms with Crippen molar-refractivity contribution in [2.75, 3.05) is 0 Å². The molecule has 7 nitrogen and oxygen atoms in total. The number of hydrogen-bond donors (Lipinski definition) is 0. The molecule has 0 radical (unpaired) electrons. The molecule has 218 valence electrons. The maximum atomic E-state index is 13.5. The normalized spacial score (nSPS) is 14.2. The van der Waals surface area contributed by atoms with Gasteiger partial charge in [0, 0.05) is 18.8 Å². The van der Waals surface area contributed by atoms with Crippen molar-refractivity contribution in [2.24, 2.45) is 7.05 Å². The minimum atomic E-state index is -4.67. The van der Waals surface area contributed by atoms with Gasteiger partial charge in [0.25, 0.3) is 12.0 Å². The molecule has 0 atom stereocenters. The fourth-order valence-corrected chi connectivity index (χ4v) is 4.88. The summed E-state index contributed by atoms with van der Waals surface area (Å²) in [6, 6.07) is 9.98. The molecule has 1 saturated carbocycles. The van der Waals surface area contributed by atoms with Gasteiger partial charge in [-0.25, -0.2) is 22.5 Å². The number of aryl methyl sites for hydroxylation is 2.